The Morgan fingerprint density at radius 1 is 1.08 bits per heavy atom. The van der Waals surface area contributed by atoms with Gasteiger partial charge in [-0.1, -0.05) is 36.4 Å². The molecule has 126 valence electrons. The molecule has 0 aliphatic carbocycles. The number of phenols is 1. The third-order valence-electron chi connectivity index (χ3n) is 5.02. The summed E-state index contributed by atoms with van der Waals surface area (Å²) in [6, 6.07) is 11.6. The molecule has 3 nitrogen and oxygen atoms in total. The van der Waals surface area contributed by atoms with Gasteiger partial charge in [0.2, 0.25) is 0 Å². The van der Waals surface area contributed by atoms with Crippen molar-refractivity contribution >= 4 is 36.6 Å². The molecule has 24 heavy (non-hydrogen) atoms. The van der Waals surface area contributed by atoms with Crippen molar-refractivity contribution in [3.8, 4) is 5.75 Å². The first-order chi connectivity index (χ1) is 11.2. The summed E-state index contributed by atoms with van der Waals surface area (Å²) in [5, 5.41) is 12.4. The van der Waals surface area contributed by atoms with Gasteiger partial charge in [0.1, 0.15) is 5.75 Å². The van der Waals surface area contributed by atoms with E-state index in [1.807, 2.05) is 64.1 Å². The lowest BCUT2D eigenvalue weighted by molar-refractivity contribution is 0.00578. The van der Waals surface area contributed by atoms with Gasteiger partial charge in [0.25, 0.3) is 0 Å². The molecule has 0 amide bonds. The van der Waals surface area contributed by atoms with E-state index in [-0.39, 0.29) is 5.75 Å². The van der Waals surface area contributed by atoms with Gasteiger partial charge in [-0.15, -0.1) is 0 Å². The maximum atomic E-state index is 10.3. The van der Waals surface area contributed by atoms with E-state index in [1.165, 1.54) is 0 Å². The zero-order valence-electron chi connectivity index (χ0n) is 14.5. The van der Waals surface area contributed by atoms with Crippen LogP contribution in [0.25, 0.3) is 16.8 Å². The fraction of sp³-hybridized carbons (Fsp3) is 0.368. The summed E-state index contributed by atoms with van der Waals surface area (Å²) < 4.78 is 12.2. The van der Waals surface area contributed by atoms with Crippen molar-refractivity contribution in [2.75, 3.05) is 5.75 Å². The molecule has 0 saturated carbocycles. The highest BCUT2D eigenvalue weighted by Crippen LogP contribution is 2.39. The topological polar surface area (TPSA) is 38.7 Å². The van der Waals surface area contributed by atoms with E-state index in [4.69, 9.17) is 9.31 Å². The lowest BCUT2D eigenvalue weighted by Crippen LogP contribution is -2.41. The van der Waals surface area contributed by atoms with Gasteiger partial charge in [0, 0.05) is 11.3 Å². The molecule has 5 heteroatoms. The largest absolute Gasteiger partial charge is 0.507 e. The second-order valence-electron chi connectivity index (χ2n) is 7.19. The minimum absolute atomic E-state index is 0.240. The van der Waals surface area contributed by atoms with Gasteiger partial charge < -0.3 is 14.4 Å². The predicted octanol–water partition coefficient (Wildman–Crippen LogP) is 4.49. The zero-order chi connectivity index (χ0) is 17.5. The summed E-state index contributed by atoms with van der Waals surface area (Å²) in [6.07, 6.45) is 1.94. The number of aromatic hydroxyl groups is 1. The van der Waals surface area contributed by atoms with Gasteiger partial charge in [-0.25, -0.2) is 0 Å². The number of phenolic OH excluding ortho intramolecular Hbond substituents is 1. The van der Waals surface area contributed by atoms with Crippen LogP contribution in [0.5, 0.6) is 5.75 Å². The van der Waals surface area contributed by atoms with E-state index < -0.39 is 18.3 Å². The molecule has 0 radical (unpaired) electrons. The van der Waals surface area contributed by atoms with Crippen molar-refractivity contribution in [3.05, 3.63) is 47.4 Å². The lowest BCUT2D eigenvalue weighted by Gasteiger charge is -2.32. The number of hydrogen-bond donors (Lipinski definition) is 2. The minimum Gasteiger partial charge on any atom is -0.507 e. The van der Waals surface area contributed by atoms with Crippen molar-refractivity contribution in [1.29, 1.82) is 0 Å². The number of fused-ring (bicyclic) bond motifs is 1. The molecule has 2 aromatic carbocycles. The van der Waals surface area contributed by atoms with Crippen LogP contribution in [0.15, 0.2) is 41.9 Å². The Balaban J connectivity index is 2.06. The standard InChI is InChI=1S/C19H23BO3S/c1-18(2)19(3,4)23-20(22-18)14(12-24)11-16-15-8-6-5-7-13(15)9-10-17(16)21/h5-11,21,24H,12H2,1-4H3. The van der Waals surface area contributed by atoms with Crippen LogP contribution in [0.1, 0.15) is 33.3 Å². The Labute approximate surface area is 149 Å². The van der Waals surface area contributed by atoms with Gasteiger partial charge >= 0.3 is 7.12 Å². The SMILES string of the molecule is CC1(C)OB(C(=Cc2c(O)ccc3ccccc23)CS)OC1(C)C. The van der Waals surface area contributed by atoms with Gasteiger partial charge in [-0.05, 0) is 50.0 Å². The van der Waals surface area contributed by atoms with Crippen LogP contribution < -0.4 is 0 Å². The van der Waals surface area contributed by atoms with Crippen molar-refractivity contribution < 1.29 is 14.4 Å². The molecule has 0 atom stereocenters. The average molecular weight is 342 g/mol. The Morgan fingerprint density at radius 2 is 1.71 bits per heavy atom. The molecular weight excluding hydrogens is 319 g/mol. The summed E-state index contributed by atoms with van der Waals surface area (Å²) in [6.45, 7) is 8.11. The van der Waals surface area contributed by atoms with Gasteiger partial charge in [-0.2, -0.15) is 12.6 Å². The van der Waals surface area contributed by atoms with Crippen LogP contribution in [0, 0.1) is 0 Å². The summed E-state index contributed by atoms with van der Waals surface area (Å²) in [7, 11) is -0.467. The molecule has 1 fully saturated rings. The molecule has 3 rings (SSSR count). The highest BCUT2D eigenvalue weighted by atomic mass is 32.1. The third kappa shape index (κ3) is 2.96. The highest BCUT2D eigenvalue weighted by molar-refractivity contribution is 7.80. The van der Waals surface area contributed by atoms with E-state index in [9.17, 15) is 5.11 Å². The molecule has 2 aromatic rings. The van der Waals surface area contributed by atoms with Crippen LogP contribution >= 0.6 is 12.6 Å². The molecule has 0 unspecified atom stereocenters. The number of thiol groups is 1. The molecule has 1 N–H and O–H groups in total. The lowest BCUT2D eigenvalue weighted by atomic mass is 9.78. The number of hydrogen-bond acceptors (Lipinski definition) is 4. The Bertz CT molecular complexity index is 782. The van der Waals surface area contributed by atoms with Gasteiger partial charge in [0.05, 0.1) is 11.2 Å². The van der Waals surface area contributed by atoms with Crippen molar-refractivity contribution in [2.24, 2.45) is 0 Å². The fourth-order valence-corrected chi connectivity index (χ4v) is 3.04. The van der Waals surface area contributed by atoms with Crippen LogP contribution in [0.3, 0.4) is 0 Å². The normalized spacial score (nSPS) is 19.9. The third-order valence-corrected chi connectivity index (χ3v) is 5.38. The molecule has 1 heterocycles. The number of rotatable bonds is 3. The van der Waals surface area contributed by atoms with Crippen LogP contribution in [-0.4, -0.2) is 29.2 Å². The maximum Gasteiger partial charge on any atom is 0.491 e. The minimum atomic E-state index is -0.467. The van der Waals surface area contributed by atoms with E-state index in [0.29, 0.717) is 5.75 Å². The first-order valence-corrected chi connectivity index (χ1v) is 8.76. The molecule has 0 bridgehead atoms. The zero-order valence-corrected chi connectivity index (χ0v) is 15.4. The Kier molecular flexibility index (Phi) is 4.45. The molecule has 1 saturated heterocycles. The molecular formula is C19H23BO3S. The number of benzene rings is 2. The van der Waals surface area contributed by atoms with E-state index >= 15 is 0 Å². The van der Waals surface area contributed by atoms with Gasteiger partial charge in [-0.3, -0.25) is 0 Å². The molecule has 0 spiro atoms. The fourth-order valence-electron chi connectivity index (χ4n) is 2.80. The Morgan fingerprint density at radius 3 is 2.33 bits per heavy atom. The van der Waals surface area contributed by atoms with E-state index in [0.717, 1.165) is 21.8 Å². The summed E-state index contributed by atoms with van der Waals surface area (Å²) in [5.41, 5.74) is 0.858. The Hall–Kier alpha value is -1.43. The predicted molar refractivity (Wildman–Crippen MR) is 104 cm³/mol. The summed E-state index contributed by atoms with van der Waals surface area (Å²) >= 11 is 4.45. The highest BCUT2D eigenvalue weighted by Gasteiger charge is 2.52. The quantitative estimate of drug-likeness (QED) is 0.638. The van der Waals surface area contributed by atoms with Crippen molar-refractivity contribution in [3.63, 3.8) is 0 Å². The van der Waals surface area contributed by atoms with Crippen molar-refractivity contribution in [2.45, 2.75) is 38.9 Å². The van der Waals surface area contributed by atoms with E-state index in [1.54, 1.807) is 6.07 Å². The van der Waals surface area contributed by atoms with Crippen molar-refractivity contribution in [1.82, 2.24) is 0 Å². The second kappa shape index (κ2) is 6.14. The first-order valence-electron chi connectivity index (χ1n) is 8.13. The van der Waals surface area contributed by atoms with Gasteiger partial charge in [0.15, 0.2) is 0 Å². The average Bonchev–Trinajstić information content (AvgIpc) is 2.74. The second-order valence-corrected chi connectivity index (χ2v) is 7.50. The molecule has 0 aromatic heterocycles. The molecule has 1 aliphatic rings. The van der Waals surface area contributed by atoms with Crippen LogP contribution in [0.2, 0.25) is 0 Å². The first kappa shape index (κ1) is 17.4. The smallest absolute Gasteiger partial charge is 0.491 e. The summed E-state index contributed by atoms with van der Waals surface area (Å²) in [4.78, 5) is 0. The van der Waals surface area contributed by atoms with Crippen LogP contribution in [-0.2, 0) is 9.31 Å². The monoisotopic (exact) mass is 342 g/mol. The summed E-state index contributed by atoms with van der Waals surface area (Å²) in [5.74, 6) is 0.726. The molecule has 1 aliphatic heterocycles. The van der Waals surface area contributed by atoms with E-state index in [2.05, 4.69) is 12.6 Å². The maximum absolute atomic E-state index is 10.3. The van der Waals surface area contributed by atoms with Crippen LogP contribution in [0.4, 0.5) is 0 Å².